The maximum absolute atomic E-state index is 5.07. The fraction of sp³-hybridized carbons (Fsp3) is 1.00. The highest BCUT2D eigenvalue weighted by Gasteiger charge is 1.95. The van der Waals surface area contributed by atoms with Gasteiger partial charge in [0.2, 0.25) is 0 Å². The van der Waals surface area contributed by atoms with Crippen LogP contribution in [-0.2, 0) is 9.47 Å². The smallest absolute Gasteiger partial charge is 0.0466 e. The summed E-state index contributed by atoms with van der Waals surface area (Å²) in [7, 11) is 0. The number of rotatable bonds is 2. The molecule has 0 bridgehead atoms. The lowest BCUT2D eigenvalue weighted by molar-refractivity contribution is 0.0967. The van der Waals surface area contributed by atoms with Crippen molar-refractivity contribution in [2.75, 3.05) is 26.4 Å². The standard InChI is InChI=1S/C6H15N.2C5H10O/c1-5(2)7-6(3)4;2*1-2-4-6-5-3-1/h5-7H,1-4H3;2*1-5H2. The molecular weight excluding hydrogens is 238 g/mol. The highest BCUT2D eigenvalue weighted by atomic mass is 16.5. The number of hydrogen-bond acceptors (Lipinski definition) is 3. The van der Waals surface area contributed by atoms with Gasteiger partial charge < -0.3 is 14.8 Å². The van der Waals surface area contributed by atoms with E-state index < -0.39 is 0 Å². The van der Waals surface area contributed by atoms with Crippen molar-refractivity contribution in [2.24, 2.45) is 0 Å². The Morgan fingerprint density at radius 1 is 0.579 bits per heavy atom. The van der Waals surface area contributed by atoms with Gasteiger partial charge in [-0.25, -0.2) is 0 Å². The first-order valence-corrected chi connectivity index (χ1v) is 8.04. The van der Waals surface area contributed by atoms with Crippen molar-refractivity contribution in [3.63, 3.8) is 0 Å². The SMILES string of the molecule is C1CCOCC1.C1CCOCC1.CC(C)NC(C)C. The van der Waals surface area contributed by atoms with Crippen molar-refractivity contribution in [1.29, 1.82) is 0 Å². The second kappa shape index (κ2) is 14.3. The molecule has 0 aromatic carbocycles. The third-order valence-electron chi connectivity index (χ3n) is 2.82. The number of hydrogen-bond donors (Lipinski definition) is 1. The van der Waals surface area contributed by atoms with Gasteiger partial charge in [-0.05, 0) is 38.5 Å². The largest absolute Gasteiger partial charge is 0.381 e. The minimum Gasteiger partial charge on any atom is -0.381 e. The van der Waals surface area contributed by atoms with E-state index in [1.54, 1.807) is 0 Å². The summed E-state index contributed by atoms with van der Waals surface area (Å²) in [6, 6.07) is 1.25. The maximum atomic E-state index is 5.07. The molecule has 2 rings (SSSR count). The Morgan fingerprint density at radius 2 is 0.895 bits per heavy atom. The predicted molar refractivity (Wildman–Crippen MR) is 82.7 cm³/mol. The van der Waals surface area contributed by atoms with E-state index in [1.165, 1.54) is 38.5 Å². The van der Waals surface area contributed by atoms with E-state index in [0.29, 0.717) is 12.1 Å². The van der Waals surface area contributed by atoms with Crippen molar-refractivity contribution in [1.82, 2.24) is 5.32 Å². The van der Waals surface area contributed by atoms with E-state index in [4.69, 9.17) is 9.47 Å². The van der Waals surface area contributed by atoms with Gasteiger partial charge in [-0.15, -0.1) is 0 Å². The molecule has 0 aliphatic carbocycles. The van der Waals surface area contributed by atoms with E-state index in [-0.39, 0.29) is 0 Å². The molecular formula is C16H35NO2. The summed E-state index contributed by atoms with van der Waals surface area (Å²) >= 11 is 0. The van der Waals surface area contributed by atoms with Gasteiger partial charge in [-0.1, -0.05) is 27.7 Å². The Kier molecular flexibility index (Phi) is 14.2. The lowest BCUT2D eigenvalue weighted by Crippen LogP contribution is -2.29. The van der Waals surface area contributed by atoms with Gasteiger partial charge in [0.1, 0.15) is 0 Å². The van der Waals surface area contributed by atoms with Crippen LogP contribution in [0.25, 0.3) is 0 Å². The van der Waals surface area contributed by atoms with Gasteiger partial charge in [0.15, 0.2) is 0 Å². The summed E-state index contributed by atoms with van der Waals surface area (Å²) in [4.78, 5) is 0. The topological polar surface area (TPSA) is 30.5 Å². The molecule has 0 saturated carbocycles. The molecule has 3 heteroatoms. The highest BCUT2D eigenvalue weighted by molar-refractivity contribution is 4.55. The number of nitrogens with one attached hydrogen (secondary N) is 1. The first-order chi connectivity index (χ1) is 9.13. The molecule has 1 N–H and O–H groups in total. The summed E-state index contributed by atoms with van der Waals surface area (Å²) in [5.41, 5.74) is 0. The van der Waals surface area contributed by atoms with Crippen LogP contribution in [0, 0.1) is 0 Å². The van der Waals surface area contributed by atoms with E-state index in [0.717, 1.165) is 26.4 Å². The van der Waals surface area contributed by atoms with Gasteiger partial charge in [0.25, 0.3) is 0 Å². The predicted octanol–water partition coefficient (Wildman–Crippen LogP) is 3.77. The summed E-state index contributed by atoms with van der Waals surface area (Å²) in [5.74, 6) is 0. The molecule has 0 amide bonds. The van der Waals surface area contributed by atoms with E-state index >= 15 is 0 Å². The van der Waals surface area contributed by atoms with Crippen LogP contribution in [0.5, 0.6) is 0 Å². The molecule has 0 aromatic heterocycles. The summed E-state index contributed by atoms with van der Waals surface area (Å²) in [6.07, 6.45) is 7.86. The fourth-order valence-corrected chi connectivity index (χ4v) is 2.04. The molecule has 0 radical (unpaired) electrons. The van der Waals surface area contributed by atoms with Gasteiger partial charge >= 0.3 is 0 Å². The maximum Gasteiger partial charge on any atom is 0.0466 e. The molecule has 3 nitrogen and oxygen atoms in total. The van der Waals surface area contributed by atoms with Crippen LogP contribution in [-0.4, -0.2) is 38.5 Å². The fourth-order valence-electron chi connectivity index (χ4n) is 2.04. The zero-order chi connectivity index (χ0) is 14.3. The third-order valence-corrected chi connectivity index (χ3v) is 2.82. The van der Waals surface area contributed by atoms with Gasteiger partial charge in [0.05, 0.1) is 0 Å². The molecule has 2 aliphatic heterocycles. The monoisotopic (exact) mass is 273 g/mol. The van der Waals surface area contributed by atoms with Gasteiger partial charge in [0, 0.05) is 38.5 Å². The molecule has 116 valence electrons. The highest BCUT2D eigenvalue weighted by Crippen LogP contribution is 2.02. The van der Waals surface area contributed by atoms with Crippen LogP contribution >= 0.6 is 0 Å². The minimum atomic E-state index is 0.625. The molecule has 0 atom stereocenters. The van der Waals surface area contributed by atoms with Crippen LogP contribution in [0.4, 0.5) is 0 Å². The molecule has 0 aromatic rings. The van der Waals surface area contributed by atoms with Crippen LogP contribution in [0.15, 0.2) is 0 Å². The van der Waals surface area contributed by atoms with Crippen molar-refractivity contribution >= 4 is 0 Å². The first kappa shape index (κ1) is 18.9. The van der Waals surface area contributed by atoms with Crippen molar-refractivity contribution in [2.45, 2.75) is 78.3 Å². The Hall–Kier alpha value is -0.120. The normalized spacial score (nSPS) is 19.3. The summed E-state index contributed by atoms with van der Waals surface area (Å²) in [6.45, 7) is 12.6. The second-order valence-corrected chi connectivity index (χ2v) is 5.82. The van der Waals surface area contributed by atoms with E-state index in [1.807, 2.05) is 0 Å². The molecule has 2 fully saturated rings. The van der Waals surface area contributed by atoms with Crippen LogP contribution in [0.2, 0.25) is 0 Å². The van der Waals surface area contributed by atoms with Crippen molar-refractivity contribution in [3.05, 3.63) is 0 Å². The molecule has 2 saturated heterocycles. The molecule has 0 unspecified atom stereocenters. The summed E-state index contributed by atoms with van der Waals surface area (Å²) in [5, 5.41) is 3.31. The Morgan fingerprint density at radius 3 is 0.947 bits per heavy atom. The van der Waals surface area contributed by atoms with Crippen molar-refractivity contribution < 1.29 is 9.47 Å². The zero-order valence-electron chi connectivity index (χ0n) is 13.5. The zero-order valence-corrected chi connectivity index (χ0v) is 13.5. The lowest BCUT2D eigenvalue weighted by atomic mass is 10.2. The van der Waals surface area contributed by atoms with Gasteiger partial charge in [-0.2, -0.15) is 0 Å². The second-order valence-electron chi connectivity index (χ2n) is 5.82. The van der Waals surface area contributed by atoms with E-state index in [2.05, 4.69) is 33.0 Å². The van der Waals surface area contributed by atoms with E-state index in [9.17, 15) is 0 Å². The molecule has 19 heavy (non-hydrogen) atoms. The van der Waals surface area contributed by atoms with Crippen LogP contribution in [0.3, 0.4) is 0 Å². The lowest BCUT2D eigenvalue weighted by Gasteiger charge is -2.10. The molecule has 2 aliphatic rings. The average molecular weight is 273 g/mol. The Bertz CT molecular complexity index is 123. The molecule has 0 spiro atoms. The summed E-state index contributed by atoms with van der Waals surface area (Å²) < 4.78 is 10.1. The first-order valence-electron chi connectivity index (χ1n) is 8.04. The Labute approximate surface area is 120 Å². The number of ether oxygens (including phenoxy) is 2. The van der Waals surface area contributed by atoms with Gasteiger partial charge in [-0.3, -0.25) is 0 Å². The Balaban J connectivity index is 0.000000256. The quantitative estimate of drug-likeness (QED) is 0.831. The van der Waals surface area contributed by atoms with Crippen LogP contribution in [0.1, 0.15) is 66.2 Å². The minimum absolute atomic E-state index is 0.625. The average Bonchev–Trinajstić information content (AvgIpc) is 2.42. The van der Waals surface area contributed by atoms with Crippen molar-refractivity contribution in [3.8, 4) is 0 Å². The molecule has 2 heterocycles. The van der Waals surface area contributed by atoms with Crippen LogP contribution < -0.4 is 5.32 Å². The third kappa shape index (κ3) is 17.9.